The Morgan fingerprint density at radius 1 is 0.971 bits per heavy atom. The number of ether oxygens (including phenoxy) is 3. The van der Waals surface area contributed by atoms with Crippen molar-refractivity contribution in [3.05, 3.63) is 24.3 Å². The number of cyclic esters (lactones) is 1. The third-order valence-electron chi connectivity index (χ3n) is 8.78. The van der Waals surface area contributed by atoms with Gasteiger partial charge in [0.25, 0.3) is 0 Å². The van der Waals surface area contributed by atoms with Gasteiger partial charge >= 0.3 is 5.97 Å². The number of carbonyl (C=O) groups excluding carboxylic acids is 3. The number of ketones is 2. The van der Waals surface area contributed by atoms with E-state index in [2.05, 4.69) is 32.9 Å². The fourth-order valence-electron chi connectivity index (χ4n) is 6.71. The van der Waals surface area contributed by atoms with Gasteiger partial charge in [-0.15, -0.1) is 0 Å². The lowest BCUT2D eigenvalue weighted by molar-refractivity contribution is -0.156. The number of carbonyl (C=O) groups is 3. The van der Waals surface area contributed by atoms with Gasteiger partial charge in [0.1, 0.15) is 24.2 Å². The molecule has 34 heavy (non-hydrogen) atoms. The van der Waals surface area contributed by atoms with E-state index in [-0.39, 0.29) is 53.5 Å². The maximum absolute atomic E-state index is 14.1. The molecule has 2 aliphatic carbocycles. The molecular weight excluding hydrogens is 479 g/mol. The molecule has 3 fully saturated rings. The molecule has 0 radical (unpaired) electrons. The zero-order valence-corrected chi connectivity index (χ0v) is 21.6. The number of esters is 1. The van der Waals surface area contributed by atoms with Crippen molar-refractivity contribution in [2.24, 2.45) is 41.4 Å². The van der Waals surface area contributed by atoms with Gasteiger partial charge in [0, 0.05) is 5.92 Å². The fourth-order valence-corrected chi connectivity index (χ4v) is 7.29. The Hall–Kier alpha value is -1.21. The van der Waals surface area contributed by atoms with Crippen molar-refractivity contribution in [2.45, 2.75) is 75.4 Å². The van der Waals surface area contributed by atoms with Crippen molar-refractivity contribution in [1.82, 2.24) is 0 Å². The minimum atomic E-state index is -2.35. The third kappa shape index (κ3) is 3.80. The first-order valence-electron chi connectivity index (χ1n) is 12.2. The highest BCUT2D eigenvalue weighted by Crippen LogP contribution is 2.60. The van der Waals surface area contributed by atoms with Crippen molar-refractivity contribution in [3.63, 3.8) is 0 Å². The monoisotopic (exact) mass is 510 g/mol. The number of allylic oxidation sites excluding steroid dienone is 3. The van der Waals surface area contributed by atoms with Crippen molar-refractivity contribution < 1.29 is 28.6 Å². The quantitative estimate of drug-likeness (QED) is 0.160. The fraction of sp³-hybridized carbons (Fsp3) is 0.731. The van der Waals surface area contributed by atoms with Gasteiger partial charge in [-0.3, -0.25) is 14.4 Å². The van der Waals surface area contributed by atoms with E-state index in [0.29, 0.717) is 0 Å². The molecule has 0 aromatic heterocycles. The highest BCUT2D eigenvalue weighted by Gasteiger charge is 2.65. The Kier molecular flexibility index (Phi) is 5.87. The van der Waals surface area contributed by atoms with Crippen LogP contribution in [-0.4, -0.2) is 51.9 Å². The molecule has 12 atom stereocenters. The molecule has 0 spiro atoms. The largest absolute Gasteiger partial charge is 0.459 e. The molecule has 3 heterocycles. The zero-order chi connectivity index (χ0) is 24.7. The lowest BCUT2D eigenvalue weighted by Gasteiger charge is -2.47. The van der Waals surface area contributed by atoms with Gasteiger partial charge in [0.05, 0.1) is 11.7 Å². The number of halogens is 2. The summed E-state index contributed by atoms with van der Waals surface area (Å²) in [7, 11) is 0. The van der Waals surface area contributed by atoms with Gasteiger partial charge in [0.15, 0.2) is 11.6 Å². The van der Waals surface area contributed by atoms with Gasteiger partial charge in [-0.25, -0.2) is 0 Å². The minimum Gasteiger partial charge on any atom is -0.459 e. The summed E-state index contributed by atoms with van der Waals surface area (Å²) in [5.41, 5.74) is -0.171. The number of hydrogen-bond donors (Lipinski definition) is 0. The Bertz CT molecular complexity index is 974. The molecule has 6 nitrogen and oxygen atoms in total. The molecule has 3 aliphatic heterocycles. The average Bonchev–Trinajstić information content (AvgIpc) is 3.69. The van der Waals surface area contributed by atoms with Crippen LogP contribution in [0.5, 0.6) is 0 Å². The Morgan fingerprint density at radius 2 is 1.68 bits per heavy atom. The van der Waals surface area contributed by atoms with E-state index >= 15 is 0 Å². The average molecular weight is 511 g/mol. The van der Waals surface area contributed by atoms with Crippen molar-refractivity contribution >= 4 is 40.7 Å². The molecule has 0 aromatic rings. The number of hydrogen-bond acceptors (Lipinski definition) is 6. The van der Waals surface area contributed by atoms with Crippen LogP contribution in [-0.2, 0) is 28.6 Å². The Labute approximate surface area is 210 Å². The Morgan fingerprint density at radius 3 is 2.38 bits per heavy atom. The van der Waals surface area contributed by atoms with Crippen LogP contribution in [0.15, 0.2) is 24.3 Å². The lowest BCUT2D eigenvalue weighted by Crippen LogP contribution is -2.54. The SMILES string of the molecule is C[C@@H]1C(=O)O[C@@H](C)C2OC2/C=C\[C@@H](C)[C@@H]2C=C[C@@H]3C[C@@]4(C)O[C@H]4[C@@H](C)C3C2C(=O)C(Cl)(Cl)C1=O. The molecule has 186 valence electrons. The first kappa shape index (κ1) is 24.5. The van der Waals surface area contributed by atoms with Crippen LogP contribution in [0.25, 0.3) is 0 Å². The van der Waals surface area contributed by atoms with E-state index in [1.807, 2.05) is 12.2 Å². The van der Waals surface area contributed by atoms with Crippen molar-refractivity contribution in [1.29, 1.82) is 0 Å². The molecule has 5 aliphatic rings. The summed E-state index contributed by atoms with van der Waals surface area (Å²) in [6.07, 6.45) is 8.23. The van der Waals surface area contributed by atoms with E-state index in [1.165, 1.54) is 6.92 Å². The summed E-state index contributed by atoms with van der Waals surface area (Å²) in [6.45, 7) is 9.39. The van der Waals surface area contributed by atoms with Gasteiger partial charge < -0.3 is 14.2 Å². The molecular formula is C26H32Cl2O6. The van der Waals surface area contributed by atoms with E-state index in [1.54, 1.807) is 6.92 Å². The molecule has 8 heteroatoms. The van der Waals surface area contributed by atoms with E-state index in [0.717, 1.165) is 6.42 Å². The predicted octanol–water partition coefficient (Wildman–Crippen LogP) is 4.07. The molecule has 0 bridgehead atoms. The number of Topliss-reactive ketones (excluding diaryl/α,β-unsaturated/α-hetero) is 2. The molecule has 5 rings (SSSR count). The van der Waals surface area contributed by atoms with Crippen molar-refractivity contribution in [3.8, 4) is 0 Å². The summed E-state index contributed by atoms with van der Waals surface area (Å²) in [6, 6.07) is 0. The summed E-state index contributed by atoms with van der Waals surface area (Å²) < 4.78 is 14.8. The van der Waals surface area contributed by atoms with Gasteiger partial charge in [-0.2, -0.15) is 0 Å². The standard InChI is InChI=1S/C26H32Cl2O6/c1-11-6-9-17-20(33-17)14(4)32-24(31)13(3)21(29)26(27,28)22(30)19-16(11)8-7-15-10-25(5)23(34-25)12(2)18(15)19/h6-9,11-20,23H,10H2,1-5H3/b9-6-/t11-,12+,13+,14+,15-,16+,17?,18?,19?,20?,23+,25-/m1/s1. The van der Waals surface area contributed by atoms with Crippen LogP contribution in [0.4, 0.5) is 0 Å². The number of rotatable bonds is 0. The predicted molar refractivity (Wildman–Crippen MR) is 126 cm³/mol. The van der Waals surface area contributed by atoms with Crippen LogP contribution in [0.1, 0.15) is 41.0 Å². The summed E-state index contributed by atoms with van der Waals surface area (Å²) in [5.74, 6) is -4.06. The van der Waals surface area contributed by atoms with Crippen LogP contribution in [0.2, 0.25) is 0 Å². The number of epoxide rings is 2. The zero-order valence-electron chi connectivity index (χ0n) is 20.1. The van der Waals surface area contributed by atoms with Crippen LogP contribution in [0, 0.1) is 41.4 Å². The van der Waals surface area contributed by atoms with Crippen LogP contribution in [0.3, 0.4) is 0 Å². The minimum absolute atomic E-state index is 0.0194. The molecule has 1 saturated carbocycles. The molecule has 2 saturated heterocycles. The Balaban J connectivity index is 1.56. The summed E-state index contributed by atoms with van der Waals surface area (Å²) in [4.78, 5) is 40.0. The van der Waals surface area contributed by atoms with Crippen molar-refractivity contribution in [2.75, 3.05) is 0 Å². The summed E-state index contributed by atoms with van der Waals surface area (Å²) in [5, 5.41) is 0. The molecule has 0 N–H and O–H groups in total. The summed E-state index contributed by atoms with van der Waals surface area (Å²) >= 11 is 13.1. The highest BCUT2D eigenvalue weighted by molar-refractivity contribution is 6.68. The molecule has 0 amide bonds. The second-order valence-corrected chi connectivity index (χ2v) is 12.4. The number of fused-ring (bicyclic) bond motifs is 5. The smallest absolute Gasteiger partial charge is 0.316 e. The van der Waals surface area contributed by atoms with Crippen LogP contribution >= 0.6 is 23.2 Å². The van der Waals surface area contributed by atoms with E-state index in [9.17, 15) is 14.4 Å². The number of alkyl halides is 2. The van der Waals surface area contributed by atoms with Gasteiger partial charge in [-0.05, 0) is 56.8 Å². The lowest BCUT2D eigenvalue weighted by atomic mass is 9.56. The topological polar surface area (TPSA) is 85.5 Å². The third-order valence-corrected chi connectivity index (χ3v) is 9.52. The van der Waals surface area contributed by atoms with E-state index in [4.69, 9.17) is 37.4 Å². The molecule has 4 unspecified atom stereocenters. The highest BCUT2D eigenvalue weighted by atomic mass is 35.5. The molecule has 0 aromatic carbocycles. The first-order valence-corrected chi connectivity index (χ1v) is 13.0. The van der Waals surface area contributed by atoms with Gasteiger partial charge in [-0.1, -0.05) is 61.4 Å². The second-order valence-electron chi connectivity index (χ2n) is 11.1. The van der Waals surface area contributed by atoms with Gasteiger partial charge in [0.2, 0.25) is 4.33 Å². The maximum Gasteiger partial charge on any atom is 0.316 e. The van der Waals surface area contributed by atoms with Crippen LogP contribution < -0.4 is 0 Å². The van der Waals surface area contributed by atoms with E-state index < -0.39 is 39.8 Å². The normalized spacial score (nSPS) is 52.8. The maximum atomic E-state index is 14.1. The first-order chi connectivity index (χ1) is 15.9. The second kappa shape index (κ2) is 8.16.